The summed E-state index contributed by atoms with van der Waals surface area (Å²) in [6.07, 6.45) is 6.38. The number of carbonyl (C=O) groups is 1. The Morgan fingerprint density at radius 1 is 1.35 bits per heavy atom. The zero-order valence-electron chi connectivity index (χ0n) is 18.3. The van der Waals surface area contributed by atoms with E-state index in [9.17, 15) is 4.79 Å². The lowest BCUT2D eigenvalue weighted by atomic mass is 9.72. The summed E-state index contributed by atoms with van der Waals surface area (Å²) >= 11 is 3.22. The number of aliphatic imine (C=N–C) groups is 1. The Bertz CT molecular complexity index is 972. The molecule has 2 saturated heterocycles. The van der Waals surface area contributed by atoms with Crippen LogP contribution in [0.15, 0.2) is 28.7 Å². The van der Waals surface area contributed by atoms with Gasteiger partial charge in [-0.15, -0.1) is 23.1 Å². The molecule has 1 amide bonds. The minimum Gasteiger partial charge on any atom is -0.361 e. The standard InChI is InChI=1S/C23H29N5OS2/c1-5-16-8-18-10-19(9-16)28(18)23(29)17-6-7-21(25-11-17)26-13-30-12-20(24-4)22-14(2)27-15(3)31-22/h6-7,11-12,16,18-19H,4-5,8-10,13H2,1-3H3,(H,25,26)/b20-12-/t16?,18-,19+. The van der Waals surface area contributed by atoms with E-state index >= 15 is 0 Å². The number of thioether (sulfide) groups is 1. The molecule has 2 aromatic heterocycles. The number of thiazole rings is 1. The highest BCUT2D eigenvalue weighted by atomic mass is 32.2. The molecule has 1 unspecified atom stereocenters. The predicted molar refractivity (Wildman–Crippen MR) is 131 cm³/mol. The predicted octanol–water partition coefficient (Wildman–Crippen LogP) is 5.36. The first kappa shape index (κ1) is 22.0. The number of aromatic nitrogens is 2. The molecule has 4 rings (SSSR count). The fourth-order valence-electron chi connectivity index (χ4n) is 4.59. The van der Waals surface area contributed by atoms with Crippen LogP contribution in [-0.4, -0.2) is 45.5 Å². The largest absolute Gasteiger partial charge is 0.361 e. The first-order valence-corrected chi connectivity index (χ1v) is 12.6. The van der Waals surface area contributed by atoms with Gasteiger partial charge in [0.1, 0.15) is 5.82 Å². The van der Waals surface area contributed by atoms with E-state index in [1.54, 1.807) is 29.3 Å². The van der Waals surface area contributed by atoms with Crippen LogP contribution in [-0.2, 0) is 0 Å². The van der Waals surface area contributed by atoms with Crippen molar-refractivity contribution < 1.29 is 4.79 Å². The van der Waals surface area contributed by atoms with Gasteiger partial charge in [-0.05, 0) is 63.3 Å². The molecule has 0 saturated carbocycles. The molecule has 0 aromatic carbocycles. The molecule has 1 N–H and O–H groups in total. The van der Waals surface area contributed by atoms with Crippen molar-refractivity contribution in [2.45, 2.75) is 58.5 Å². The van der Waals surface area contributed by atoms with Gasteiger partial charge in [-0.25, -0.2) is 9.97 Å². The van der Waals surface area contributed by atoms with Crippen molar-refractivity contribution in [2.75, 3.05) is 11.2 Å². The van der Waals surface area contributed by atoms with Crippen LogP contribution >= 0.6 is 23.1 Å². The van der Waals surface area contributed by atoms with Gasteiger partial charge in [-0.3, -0.25) is 9.79 Å². The van der Waals surface area contributed by atoms with Crippen LogP contribution in [0.2, 0.25) is 0 Å². The molecule has 2 aliphatic rings. The molecule has 31 heavy (non-hydrogen) atoms. The van der Waals surface area contributed by atoms with Crippen LogP contribution in [0.5, 0.6) is 0 Å². The lowest BCUT2D eigenvalue weighted by molar-refractivity contribution is -0.0318. The number of rotatable bonds is 8. The zero-order valence-corrected chi connectivity index (χ0v) is 19.9. The molecule has 4 heterocycles. The topological polar surface area (TPSA) is 70.5 Å². The van der Waals surface area contributed by atoms with Crippen LogP contribution in [0.4, 0.5) is 5.82 Å². The molecule has 6 nitrogen and oxygen atoms in total. The molecular weight excluding hydrogens is 426 g/mol. The Kier molecular flexibility index (Phi) is 6.77. The minimum absolute atomic E-state index is 0.129. The number of carbonyl (C=O) groups excluding carboxylic acids is 1. The third-order valence-corrected chi connectivity index (χ3v) is 8.00. The van der Waals surface area contributed by atoms with Crippen molar-refractivity contribution in [3.8, 4) is 0 Å². The van der Waals surface area contributed by atoms with Crippen molar-refractivity contribution in [3.05, 3.63) is 44.9 Å². The van der Waals surface area contributed by atoms with Crippen LogP contribution in [0.1, 0.15) is 58.5 Å². The monoisotopic (exact) mass is 455 g/mol. The molecule has 3 atom stereocenters. The van der Waals surface area contributed by atoms with Gasteiger partial charge in [0, 0.05) is 18.3 Å². The van der Waals surface area contributed by atoms with E-state index in [2.05, 4.69) is 38.8 Å². The summed E-state index contributed by atoms with van der Waals surface area (Å²) in [6, 6.07) is 4.61. The molecule has 0 aliphatic carbocycles. The Hall–Kier alpha value is -2.19. The molecule has 2 bridgehead atoms. The fourth-order valence-corrected chi connectivity index (χ4v) is 6.23. The average Bonchev–Trinajstić information content (AvgIpc) is 3.11. The van der Waals surface area contributed by atoms with E-state index in [1.165, 1.54) is 12.8 Å². The Labute approximate surface area is 192 Å². The molecule has 8 heteroatoms. The van der Waals surface area contributed by atoms with Gasteiger partial charge in [0.25, 0.3) is 5.91 Å². The summed E-state index contributed by atoms with van der Waals surface area (Å²) in [4.78, 5) is 29.1. The van der Waals surface area contributed by atoms with Crippen LogP contribution in [0.25, 0.3) is 5.70 Å². The van der Waals surface area contributed by atoms with Gasteiger partial charge in [-0.2, -0.15) is 0 Å². The molecule has 2 fully saturated rings. The number of piperidine rings is 1. The number of nitrogens with one attached hydrogen (secondary N) is 1. The second kappa shape index (κ2) is 9.53. The van der Waals surface area contributed by atoms with Gasteiger partial charge >= 0.3 is 0 Å². The van der Waals surface area contributed by atoms with Crippen LogP contribution in [0, 0.1) is 19.8 Å². The zero-order chi connectivity index (χ0) is 22.0. The number of aryl methyl sites for hydroxylation is 2. The SMILES string of the molecule is C=N/C(=C\SCNc1ccc(C(=O)N2[C@@H]3CC(CC)C[C@H]2C3)cn1)c1sc(C)nc1C. The number of amides is 1. The van der Waals surface area contributed by atoms with Crippen molar-refractivity contribution in [2.24, 2.45) is 10.9 Å². The van der Waals surface area contributed by atoms with Gasteiger partial charge in [-0.1, -0.05) is 13.3 Å². The first-order valence-electron chi connectivity index (χ1n) is 10.8. The second-order valence-corrected chi connectivity index (χ2v) is 10.3. The second-order valence-electron chi connectivity index (χ2n) is 8.23. The quantitative estimate of drug-likeness (QED) is 0.330. The third-order valence-electron chi connectivity index (χ3n) is 6.20. The molecule has 0 radical (unpaired) electrons. The highest BCUT2D eigenvalue weighted by Gasteiger charge is 2.47. The average molecular weight is 456 g/mol. The number of anilines is 1. The van der Waals surface area contributed by atoms with E-state index < -0.39 is 0 Å². The van der Waals surface area contributed by atoms with Crippen molar-refractivity contribution in [1.82, 2.24) is 14.9 Å². The first-order chi connectivity index (χ1) is 15.0. The van der Waals surface area contributed by atoms with Crippen molar-refractivity contribution in [1.29, 1.82) is 0 Å². The third kappa shape index (κ3) is 4.70. The maximum absolute atomic E-state index is 12.9. The van der Waals surface area contributed by atoms with E-state index in [4.69, 9.17) is 0 Å². The maximum Gasteiger partial charge on any atom is 0.255 e. The Balaban J connectivity index is 1.30. The number of nitrogens with zero attached hydrogens (tertiary/aromatic N) is 4. The van der Waals surface area contributed by atoms with Crippen molar-refractivity contribution >= 4 is 47.2 Å². The van der Waals surface area contributed by atoms with Gasteiger partial charge < -0.3 is 10.2 Å². The Morgan fingerprint density at radius 3 is 2.71 bits per heavy atom. The Morgan fingerprint density at radius 2 is 2.13 bits per heavy atom. The maximum atomic E-state index is 12.9. The summed E-state index contributed by atoms with van der Waals surface area (Å²) in [5, 5.41) is 6.29. The summed E-state index contributed by atoms with van der Waals surface area (Å²) in [7, 11) is 0. The van der Waals surface area contributed by atoms with Gasteiger partial charge in [0.05, 0.1) is 32.7 Å². The van der Waals surface area contributed by atoms with Crippen LogP contribution in [0.3, 0.4) is 0 Å². The number of hydrogen-bond donors (Lipinski definition) is 1. The highest BCUT2D eigenvalue weighted by molar-refractivity contribution is 8.02. The number of hydrogen-bond acceptors (Lipinski definition) is 7. The summed E-state index contributed by atoms with van der Waals surface area (Å²) in [6.45, 7) is 9.92. The molecular formula is C23H29N5OS2. The van der Waals surface area contributed by atoms with Gasteiger partial charge in [0.15, 0.2) is 0 Å². The number of fused-ring (bicyclic) bond motifs is 2. The normalized spacial score (nSPS) is 22.7. The molecule has 164 valence electrons. The van der Waals surface area contributed by atoms with Crippen molar-refractivity contribution in [3.63, 3.8) is 0 Å². The molecule has 2 aliphatic heterocycles. The molecule has 2 aromatic rings. The van der Waals surface area contributed by atoms with Crippen LogP contribution < -0.4 is 5.32 Å². The summed E-state index contributed by atoms with van der Waals surface area (Å²) < 4.78 is 0. The molecule has 0 spiro atoms. The highest BCUT2D eigenvalue weighted by Crippen LogP contribution is 2.43. The minimum atomic E-state index is 0.129. The van der Waals surface area contributed by atoms with Gasteiger partial charge in [0.2, 0.25) is 0 Å². The van der Waals surface area contributed by atoms with E-state index in [-0.39, 0.29) is 5.91 Å². The van der Waals surface area contributed by atoms with E-state index in [1.807, 2.05) is 31.4 Å². The smallest absolute Gasteiger partial charge is 0.255 e. The lowest BCUT2D eigenvalue weighted by Gasteiger charge is -2.55. The fraction of sp³-hybridized carbons (Fsp3) is 0.478. The summed E-state index contributed by atoms with van der Waals surface area (Å²) in [5.41, 5.74) is 2.50. The summed E-state index contributed by atoms with van der Waals surface area (Å²) in [5.74, 6) is 2.31. The number of pyridine rings is 1. The van der Waals surface area contributed by atoms with E-state index in [0.29, 0.717) is 23.5 Å². The lowest BCUT2D eigenvalue weighted by Crippen LogP contribution is -2.62. The van der Waals surface area contributed by atoms with E-state index in [0.717, 1.165) is 45.9 Å².